The molecule has 4 N–H and O–H groups in total. The molecule has 14 heavy (non-hydrogen) atoms. The van der Waals surface area contributed by atoms with Crippen molar-refractivity contribution < 1.29 is 9.94 Å². The van der Waals surface area contributed by atoms with E-state index in [-0.39, 0.29) is 5.84 Å². The lowest BCUT2D eigenvalue weighted by Crippen LogP contribution is -2.46. The van der Waals surface area contributed by atoms with E-state index in [1.54, 1.807) is 0 Å². The molecule has 0 aromatic carbocycles. The van der Waals surface area contributed by atoms with Gasteiger partial charge < -0.3 is 15.7 Å². The highest BCUT2D eigenvalue weighted by Crippen LogP contribution is 1.93. The van der Waals surface area contributed by atoms with Crippen LogP contribution >= 0.6 is 0 Å². The van der Waals surface area contributed by atoms with Gasteiger partial charge in [-0.1, -0.05) is 5.16 Å². The van der Waals surface area contributed by atoms with E-state index in [2.05, 4.69) is 15.6 Å². The summed E-state index contributed by atoms with van der Waals surface area (Å²) in [6.07, 6.45) is 1.49. The summed E-state index contributed by atoms with van der Waals surface area (Å²) in [6.45, 7) is 4.25. The average Bonchev–Trinajstić information content (AvgIpc) is 2.25. The maximum Gasteiger partial charge on any atom is 0.139 e. The fourth-order valence-electron chi connectivity index (χ4n) is 1.28. The predicted molar refractivity (Wildman–Crippen MR) is 53.0 cm³/mol. The van der Waals surface area contributed by atoms with Gasteiger partial charge in [0.1, 0.15) is 5.84 Å². The molecule has 0 amide bonds. The molecule has 6 heteroatoms. The van der Waals surface area contributed by atoms with Crippen molar-refractivity contribution in [3.05, 3.63) is 0 Å². The number of nitrogens with one attached hydrogen (secondary N) is 1. The lowest BCUT2D eigenvalue weighted by Gasteiger charge is -2.27. The van der Waals surface area contributed by atoms with Crippen molar-refractivity contribution in [3.8, 4) is 0 Å². The molecule has 1 aliphatic heterocycles. The summed E-state index contributed by atoms with van der Waals surface area (Å²) < 4.78 is 5.21. The highest BCUT2D eigenvalue weighted by molar-refractivity contribution is 5.79. The lowest BCUT2D eigenvalue weighted by molar-refractivity contribution is 0.0120. The molecule has 6 nitrogen and oxygen atoms in total. The van der Waals surface area contributed by atoms with Gasteiger partial charge in [-0.3, -0.25) is 5.43 Å². The second-order valence-corrected chi connectivity index (χ2v) is 3.20. The number of hydrogen-bond acceptors (Lipinski definition) is 5. The molecular formula is C8H18N4O2. The number of oxime groups is 1. The Bertz CT molecular complexity index is 180. The van der Waals surface area contributed by atoms with Crippen LogP contribution in [-0.2, 0) is 4.74 Å². The molecule has 0 aromatic heterocycles. The largest absolute Gasteiger partial charge is 0.409 e. The number of hydrogen-bond donors (Lipinski definition) is 3. The Morgan fingerprint density at radius 1 is 1.50 bits per heavy atom. The minimum atomic E-state index is 0.286. The van der Waals surface area contributed by atoms with Gasteiger partial charge in [-0.25, -0.2) is 5.01 Å². The molecule has 0 bridgehead atoms. The fourth-order valence-corrected chi connectivity index (χ4v) is 1.28. The minimum Gasteiger partial charge on any atom is -0.409 e. The lowest BCUT2D eigenvalue weighted by atomic mass is 10.3. The van der Waals surface area contributed by atoms with E-state index in [0.717, 1.165) is 39.3 Å². The number of nitrogens with two attached hydrogens (primary N) is 1. The van der Waals surface area contributed by atoms with Crippen molar-refractivity contribution in [3.63, 3.8) is 0 Å². The van der Waals surface area contributed by atoms with Gasteiger partial charge in [0, 0.05) is 26.1 Å². The zero-order valence-corrected chi connectivity index (χ0v) is 8.28. The van der Waals surface area contributed by atoms with Crippen LogP contribution in [0.4, 0.5) is 0 Å². The van der Waals surface area contributed by atoms with Crippen LogP contribution in [0.3, 0.4) is 0 Å². The van der Waals surface area contributed by atoms with Crippen molar-refractivity contribution in [1.29, 1.82) is 0 Å². The monoisotopic (exact) mass is 202 g/mol. The van der Waals surface area contributed by atoms with Crippen LogP contribution in [0.5, 0.6) is 0 Å². The summed E-state index contributed by atoms with van der Waals surface area (Å²) in [4.78, 5) is 0. The van der Waals surface area contributed by atoms with E-state index in [1.165, 1.54) is 0 Å². The van der Waals surface area contributed by atoms with Gasteiger partial charge >= 0.3 is 0 Å². The number of morpholine rings is 1. The van der Waals surface area contributed by atoms with Gasteiger partial charge in [-0.2, -0.15) is 0 Å². The Hall–Kier alpha value is -0.850. The smallest absolute Gasteiger partial charge is 0.139 e. The van der Waals surface area contributed by atoms with Crippen LogP contribution in [-0.4, -0.2) is 48.9 Å². The Labute approximate surface area is 83.7 Å². The van der Waals surface area contributed by atoms with Crippen LogP contribution in [0.25, 0.3) is 0 Å². The summed E-state index contributed by atoms with van der Waals surface area (Å²) >= 11 is 0. The Morgan fingerprint density at radius 2 is 2.21 bits per heavy atom. The van der Waals surface area contributed by atoms with E-state index in [4.69, 9.17) is 15.7 Å². The van der Waals surface area contributed by atoms with E-state index in [0.29, 0.717) is 6.42 Å². The first-order valence-electron chi connectivity index (χ1n) is 4.85. The Kier molecular flexibility index (Phi) is 5.28. The van der Waals surface area contributed by atoms with Gasteiger partial charge in [0.2, 0.25) is 0 Å². The number of rotatable bonds is 5. The van der Waals surface area contributed by atoms with Gasteiger partial charge in [0.15, 0.2) is 0 Å². The molecule has 1 fully saturated rings. The minimum absolute atomic E-state index is 0.286. The highest BCUT2D eigenvalue weighted by atomic mass is 16.5. The summed E-state index contributed by atoms with van der Waals surface area (Å²) in [7, 11) is 0. The maximum absolute atomic E-state index is 8.30. The molecule has 0 atom stereocenters. The number of nitrogens with zero attached hydrogens (tertiary/aromatic N) is 2. The van der Waals surface area contributed by atoms with E-state index in [1.807, 2.05) is 0 Å². The van der Waals surface area contributed by atoms with Crippen LogP contribution in [0.15, 0.2) is 5.16 Å². The molecule has 1 saturated heterocycles. The van der Waals surface area contributed by atoms with Gasteiger partial charge in [0.05, 0.1) is 13.2 Å². The zero-order valence-electron chi connectivity index (χ0n) is 8.28. The summed E-state index contributed by atoms with van der Waals surface area (Å²) in [6, 6.07) is 0. The SMILES string of the molecule is NC(CCCNN1CCOCC1)=NO. The third-order valence-corrected chi connectivity index (χ3v) is 2.08. The molecule has 0 spiro atoms. The van der Waals surface area contributed by atoms with E-state index >= 15 is 0 Å². The molecule has 0 radical (unpaired) electrons. The molecule has 1 rings (SSSR count). The first-order chi connectivity index (χ1) is 6.83. The van der Waals surface area contributed by atoms with Crippen molar-refractivity contribution in [2.75, 3.05) is 32.8 Å². The van der Waals surface area contributed by atoms with Gasteiger partial charge in [-0.05, 0) is 6.42 Å². The first kappa shape index (κ1) is 11.2. The third kappa shape index (κ3) is 4.40. The topological polar surface area (TPSA) is 83.1 Å². The standard InChI is InChI=1S/C8H18N4O2/c9-8(11-13)2-1-3-10-12-4-6-14-7-5-12/h10,13H,1-7H2,(H2,9,11). The molecule has 1 aliphatic rings. The van der Waals surface area contributed by atoms with Gasteiger partial charge in [0.25, 0.3) is 0 Å². The van der Waals surface area contributed by atoms with Crippen molar-refractivity contribution >= 4 is 5.84 Å². The van der Waals surface area contributed by atoms with Gasteiger partial charge in [-0.15, -0.1) is 0 Å². The first-order valence-corrected chi connectivity index (χ1v) is 4.85. The summed E-state index contributed by atoms with van der Waals surface area (Å²) in [5, 5.41) is 13.3. The summed E-state index contributed by atoms with van der Waals surface area (Å²) in [5.74, 6) is 0.286. The van der Waals surface area contributed by atoms with E-state index < -0.39 is 0 Å². The van der Waals surface area contributed by atoms with Crippen LogP contribution < -0.4 is 11.2 Å². The second kappa shape index (κ2) is 6.58. The molecular weight excluding hydrogens is 184 g/mol. The molecule has 0 aliphatic carbocycles. The van der Waals surface area contributed by atoms with Crippen molar-refractivity contribution in [1.82, 2.24) is 10.4 Å². The Balaban J connectivity index is 1.97. The third-order valence-electron chi connectivity index (χ3n) is 2.08. The summed E-state index contributed by atoms with van der Waals surface area (Å²) in [5.41, 5.74) is 8.59. The average molecular weight is 202 g/mol. The van der Waals surface area contributed by atoms with Crippen molar-refractivity contribution in [2.24, 2.45) is 10.9 Å². The van der Waals surface area contributed by atoms with Crippen LogP contribution in [0.2, 0.25) is 0 Å². The second-order valence-electron chi connectivity index (χ2n) is 3.20. The van der Waals surface area contributed by atoms with Crippen molar-refractivity contribution in [2.45, 2.75) is 12.8 Å². The Morgan fingerprint density at radius 3 is 2.86 bits per heavy atom. The molecule has 82 valence electrons. The quantitative estimate of drug-likeness (QED) is 0.181. The highest BCUT2D eigenvalue weighted by Gasteiger charge is 2.08. The van der Waals surface area contributed by atoms with E-state index in [9.17, 15) is 0 Å². The fraction of sp³-hybridized carbons (Fsp3) is 0.875. The predicted octanol–water partition coefficient (Wildman–Crippen LogP) is -0.650. The molecule has 0 aromatic rings. The number of ether oxygens (including phenoxy) is 1. The maximum atomic E-state index is 8.30. The van der Waals surface area contributed by atoms with Crippen LogP contribution in [0, 0.1) is 0 Å². The number of hydrazine groups is 1. The molecule has 1 heterocycles. The normalized spacial score (nSPS) is 19.9. The molecule has 0 saturated carbocycles. The number of amidine groups is 1. The zero-order chi connectivity index (χ0) is 10.2. The van der Waals surface area contributed by atoms with Crippen LogP contribution in [0.1, 0.15) is 12.8 Å². The molecule has 0 unspecified atom stereocenters.